The van der Waals surface area contributed by atoms with Gasteiger partial charge in [-0.05, 0) is 54.4 Å². The zero-order valence-corrected chi connectivity index (χ0v) is 13.4. The first-order chi connectivity index (χ1) is 9.43. The highest BCUT2D eigenvalue weighted by molar-refractivity contribution is 9.10. The van der Waals surface area contributed by atoms with Crippen LogP contribution in [0.15, 0.2) is 22.7 Å². The number of nitrogens with one attached hydrogen (secondary N) is 2. The number of rotatable bonds is 5. The average Bonchev–Trinajstić information content (AvgIpc) is 2.38. The van der Waals surface area contributed by atoms with Gasteiger partial charge in [-0.1, -0.05) is 6.92 Å². The maximum Gasteiger partial charge on any atom is 0.269 e. The third-order valence-electron chi connectivity index (χ3n) is 2.35. The molecule has 6 heteroatoms. The molecule has 0 aromatic heterocycles. The van der Waals surface area contributed by atoms with Crippen LogP contribution in [0.2, 0.25) is 0 Å². The molecule has 0 bridgehead atoms. The molecule has 0 spiro atoms. The van der Waals surface area contributed by atoms with E-state index >= 15 is 0 Å². The Morgan fingerprint density at radius 1 is 1.30 bits per heavy atom. The Kier molecular flexibility index (Phi) is 6.51. The van der Waals surface area contributed by atoms with Gasteiger partial charge in [0.2, 0.25) is 5.91 Å². The van der Waals surface area contributed by atoms with Crippen molar-refractivity contribution in [1.82, 2.24) is 10.9 Å². The largest absolute Gasteiger partial charge is 0.490 e. The second-order valence-corrected chi connectivity index (χ2v) is 5.42. The van der Waals surface area contributed by atoms with Gasteiger partial charge in [0.15, 0.2) is 0 Å². The van der Waals surface area contributed by atoms with Gasteiger partial charge in [0.1, 0.15) is 5.75 Å². The number of hydrazine groups is 1. The van der Waals surface area contributed by atoms with Crippen LogP contribution in [0, 0.1) is 0 Å². The summed E-state index contributed by atoms with van der Waals surface area (Å²) in [5, 5.41) is 0. The van der Waals surface area contributed by atoms with E-state index in [2.05, 4.69) is 26.8 Å². The Hall–Kier alpha value is -1.56. The molecule has 20 heavy (non-hydrogen) atoms. The number of hydrogen-bond donors (Lipinski definition) is 2. The van der Waals surface area contributed by atoms with Crippen molar-refractivity contribution in [3.05, 3.63) is 28.2 Å². The molecule has 1 aromatic rings. The molecule has 0 fully saturated rings. The molecular formula is C14H19BrN2O3. The van der Waals surface area contributed by atoms with Crippen LogP contribution >= 0.6 is 15.9 Å². The third kappa shape index (κ3) is 5.21. The fraction of sp³-hybridized carbons (Fsp3) is 0.429. The summed E-state index contributed by atoms with van der Waals surface area (Å²) < 4.78 is 6.25. The van der Waals surface area contributed by atoms with Gasteiger partial charge < -0.3 is 4.74 Å². The Morgan fingerprint density at radius 3 is 2.55 bits per heavy atom. The molecule has 0 unspecified atom stereocenters. The molecule has 2 N–H and O–H groups in total. The van der Waals surface area contributed by atoms with Gasteiger partial charge >= 0.3 is 0 Å². The predicted octanol–water partition coefficient (Wildman–Crippen LogP) is 2.80. The molecule has 110 valence electrons. The topological polar surface area (TPSA) is 67.4 Å². The van der Waals surface area contributed by atoms with E-state index in [-0.39, 0.29) is 17.9 Å². The standard InChI is InChI=1S/C14H19BrN2O3/c1-4-5-13(18)16-17-14(19)10-6-7-12(11(15)8-10)20-9(2)3/h6-9H,4-5H2,1-3H3,(H,16,18)(H,17,19). The number of hydrogen-bond acceptors (Lipinski definition) is 3. The zero-order valence-electron chi connectivity index (χ0n) is 11.8. The lowest BCUT2D eigenvalue weighted by atomic mass is 10.2. The number of ether oxygens (including phenoxy) is 1. The fourth-order valence-electron chi connectivity index (χ4n) is 1.48. The van der Waals surface area contributed by atoms with Crippen LogP contribution in [-0.2, 0) is 4.79 Å². The van der Waals surface area contributed by atoms with Gasteiger partial charge in [-0.3, -0.25) is 20.4 Å². The lowest BCUT2D eigenvalue weighted by Gasteiger charge is -2.12. The molecule has 0 aliphatic carbocycles. The molecule has 0 aliphatic rings. The molecule has 0 saturated carbocycles. The van der Waals surface area contributed by atoms with Crippen molar-refractivity contribution in [2.45, 2.75) is 39.7 Å². The van der Waals surface area contributed by atoms with Gasteiger partial charge in [-0.15, -0.1) is 0 Å². The summed E-state index contributed by atoms with van der Waals surface area (Å²) in [6.45, 7) is 5.75. The highest BCUT2D eigenvalue weighted by Crippen LogP contribution is 2.26. The van der Waals surface area contributed by atoms with Crippen molar-refractivity contribution in [1.29, 1.82) is 0 Å². The molecule has 1 aromatic carbocycles. The highest BCUT2D eigenvalue weighted by Gasteiger charge is 2.10. The molecule has 0 saturated heterocycles. The molecule has 0 radical (unpaired) electrons. The van der Waals surface area contributed by atoms with Crippen LogP contribution in [-0.4, -0.2) is 17.9 Å². The summed E-state index contributed by atoms with van der Waals surface area (Å²) in [5.41, 5.74) is 5.17. The maximum atomic E-state index is 11.9. The minimum absolute atomic E-state index is 0.0549. The molecule has 5 nitrogen and oxygen atoms in total. The minimum Gasteiger partial charge on any atom is -0.490 e. The Bertz CT molecular complexity index is 489. The van der Waals surface area contributed by atoms with E-state index in [1.807, 2.05) is 20.8 Å². The molecule has 1 rings (SSSR count). The van der Waals surface area contributed by atoms with E-state index < -0.39 is 0 Å². The molecule has 0 atom stereocenters. The highest BCUT2D eigenvalue weighted by atomic mass is 79.9. The Morgan fingerprint density at radius 2 is 2.00 bits per heavy atom. The van der Waals surface area contributed by atoms with Crippen LogP contribution in [0.3, 0.4) is 0 Å². The molecular weight excluding hydrogens is 324 g/mol. The monoisotopic (exact) mass is 342 g/mol. The van der Waals surface area contributed by atoms with Crippen LogP contribution in [0.25, 0.3) is 0 Å². The van der Waals surface area contributed by atoms with Crippen molar-refractivity contribution in [3.8, 4) is 5.75 Å². The van der Waals surface area contributed by atoms with Gasteiger partial charge in [-0.25, -0.2) is 0 Å². The van der Waals surface area contributed by atoms with Crippen molar-refractivity contribution in [3.63, 3.8) is 0 Å². The number of amides is 2. The first-order valence-corrected chi connectivity index (χ1v) is 7.28. The second kappa shape index (κ2) is 7.89. The van der Waals surface area contributed by atoms with E-state index in [9.17, 15) is 9.59 Å². The van der Waals surface area contributed by atoms with Crippen molar-refractivity contribution < 1.29 is 14.3 Å². The van der Waals surface area contributed by atoms with E-state index in [0.717, 1.165) is 6.42 Å². The van der Waals surface area contributed by atoms with E-state index in [1.54, 1.807) is 18.2 Å². The van der Waals surface area contributed by atoms with E-state index in [4.69, 9.17) is 4.74 Å². The Balaban J connectivity index is 2.65. The SMILES string of the molecule is CCCC(=O)NNC(=O)c1ccc(OC(C)C)c(Br)c1. The summed E-state index contributed by atoms with van der Waals surface area (Å²) in [5.74, 6) is 0.0949. The minimum atomic E-state index is -0.369. The average molecular weight is 343 g/mol. The first-order valence-electron chi connectivity index (χ1n) is 6.49. The van der Waals surface area contributed by atoms with Crippen molar-refractivity contribution in [2.75, 3.05) is 0 Å². The van der Waals surface area contributed by atoms with E-state index in [0.29, 0.717) is 22.2 Å². The zero-order chi connectivity index (χ0) is 15.1. The number of benzene rings is 1. The normalized spacial score (nSPS) is 10.2. The smallest absolute Gasteiger partial charge is 0.269 e. The van der Waals surface area contributed by atoms with Gasteiger partial charge in [0.25, 0.3) is 5.91 Å². The molecule has 0 heterocycles. The van der Waals surface area contributed by atoms with Crippen LogP contribution in [0.4, 0.5) is 0 Å². The van der Waals surface area contributed by atoms with Gasteiger partial charge in [0, 0.05) is 12.0 Å². The maximum absolute atomic E-state index is 11.9. The van der Waals surface area contributed by atoms with Crippen molar-refractivity contribution in [2.24, 2.45) is 0 Å². The third-order valence-corrected chi connectivity index (χ3v) is 2.97. The predicted molar refractivity (Wildman–Crippen MR) is 80.4 cm³/mol. The van der Waals surface area contributed by atoms with Crippen molar-refractivity contribution >= 4 is 27.7 Å². The lowest BCUT2D eigenvalue weighted by molar-refractivity contribution is -0.121. The summed E-state index contributed by atoms with van der Waals surface area (Å²) in [7, 11) is 0. The van der Waals surface area contributed by atoms with E-state index in [1.165, 1.54) is 0 Å². The van der Waals surface area contributed by atoms with Gasteiger partial charge in [0.05, 0.1) is 10.6 Å². The Labute approximate surface area is 127 Å². The van der Waals surface area contributed by atoms with Gasteiger partial charge in [-0.2, -0.15) is 0 Å². The summed E-state index contributed by atoms with van der Waals surface area (Å²) in [6, 6.07) is 5.01. The number of halogens is 1. The van der Waals surface area contributed by atoms with Crippen LogP contribution < -0.4 is 15.6 Å². The lowest BCUT2D eigenvalue weighted by Crippen LogP contribution is -2.41. The summed E-state index contributed by atoms with van der Waals surface area (Å²) >= 11 is 3.36. The number of carbonyl (C=O) groups excluding carboxylic acids is 2. The number of carbonyl (C=O) groups is 2. The molecule has 2 amide bonds. The molecule has 0 aliphatic heterocycles. The second-order valence-electron chi connectivity index (χ2n) is 4.56. The van der Waals surface area contributed by atoms with Crippen LogP contribution in [0.1, 0.15) is 44.0 Å². The quantitative estimate of drug-likeness (QED) is 0.808. The summed E-state index contributed by atoms with van der Waals surface area (Å²) in [4.78, 5) is 23.1. The fourth-order valence-corrected chi connectivity index (χ4v) is 1.95. The summed E-state index contributed by atoms with van der Waals surface area (Å²) in [6.07, 6.45) is 1.17. The van der Waals surface area contributed by atoms with Crippen LogP contribution in [0.5, 0.6) is 5.75 Å². The first kappa shape index (κ1) is 16.5.